The molecule has 0 spiro atoms. The van der Waals surface area contributed by atoms with E-state index in [-0.39, 0.29) is 11.8 Å². The Morgan fingerprint density at radius 2 is 1.83 bits per heavy atom. The average molecular weight is 259 g/mol. The standard InChI is InChI=1S/C13H16F3NO/c14-13(15,16)18-12-5-2-9(3-6-12)7-10-1-4-11(17)8-10/h2-3,5-6,10-11H,1,4,7-8,17H2. The lowest BCUT2D eigenvalue weighted by Gasteiger charge is -2.11. The lowest BCUT2D eigenvalue weighted by Crippen LogP contribution is -2.17. The van der Waals surface area contributed by atoms with Gasteiger partial charge in [0.2, 0.25) is 0 Å². The van der Waals surface area contributed by atoms with Crippen LogP contribution in [-0.2, 0) is 6.42 Å². The number of ether oxygens (including phenoxy) is 1. The number of hydrogen-bond acceptors (Lipinski definition) is 2. The predicted molar refractivity (Wildman–Crippen MR) is 62.1 cm³/mol. The Morgan fingerprint density at radius 3 is 2.33 bits per heavy atom. The van der Waals surface area contributed by atoms with Gasteiger partial charge < -0.3 is 10.5 Å². The van der Waals surface area contributed by atoms with E-state index in [1.807, 2.05) is 0 Å². The van der Waals surface area contributed by atoms with Crippen LogP contribution in [0.3, 0.4) is 0 Å². The summed E-state index contributed by atoms with van der Waals surface area (Å²) in [6.45, 7) is 0. The molecule has 1 aromatic rings. The van der Waals surface area contributed by atoms with E-state index in [9.17, 15) is 13.2 Å². The minimum absolute atomic E-state index is 0.172. The van der Waals surface area contributed by atoms with E-state index in [0.29, 0.717) is 5.92 Å². The van der Waals surface area contributed by atoms with Gasteiger partial charge in [-0.2, -0.15) is 0 Å². The maximum atomic E-state index is 12.0. The minimum Gasteiger partial charge on any atom is -0.406 e. The van der Waals surface area contributed by atoms with Gasteiger partial charge in [-0.15, -0.1) is 13.2 Å². The van der Waals surface area contributed by atoms with Gasteiger partial charge >= 0.3 is 6.36 Å². The Labute approximate surface area is 104 Å². The van der Waals surface area contributed by atoms with Crippen LogP contribution in [-0.4, -0.2) is 12.4 Å². The molecule has 1 aromatic carbocycles. The van der Waals surface area contributed by atoms with Crippen LogP contribution < -0.4 is 10.5 Å². The predicted octanol–water partition coefficient (Wildman–Crippen LogP) is 3.26. The van der Waals surface area contributed by atoms with Gasteiger partial charge in [0.15, 0.2) is 0 Å². The van der Waals surface area contributed by atoms with E-state index < -0.39 is 6.36 Å². The van der Waals surface area contributed by atoms with Crippen molar-refractivity contribution < 1.29 is 17.9 Å². The molecule has 18 heavy (non-hydrogen) atoms. The quantitative estimate of drug-likeness (QED) is 0.904. The van der Waals surface area contributed by atoms with Crippen LogP contribution in [0.4, 0.5) is 13.2 Å². The van der Waals surface area contributed by atoms with Crippen molar-refractivity contribution >= 4 is 0 Å². The largest absolute Gasteiger partial charge is 0.573 e. The molecule has 0 saturated heterocycles. The molecule has 0 radical (unpaired) electrons. The van der Waals surface area contributed by atoms with Crippen molar-refractivity contribution in [3.05, 3.63) is 29.8 Å². The number of hydrogen-bond donors (Lipinski definition) is 1. The minimum atomic E-state index is -4.63. The van der Waals surface area contributed by atoms with E-state index in [1.54, 1.807) is 12.1 Å². The molecule has 0 aromatic heterocycles. The summed E-state index contributed by atoms with van der Waals surface area (Å²) >= 11 is 0. The van der Waals surface area contributed by atoms with Gasteiger partial charge in [-0.25, -0.2) is 0 Å². The van der Waals surface area contributed by atoms with Gasteiger partial charge in [0.25, 0.3) is 0 Å². The van der Waals surface area contributed by atoms with Crippen molar-refractivity contribution in [3.8, 4) is 5.75 Å². The molecule has 5 heteroatoms. The number of nitrogens with two attached hydrogens (primary N) is 1. The molecule has 0 bridgehead atoms. The Bertz CT molecular complexity index is 388. The summed E-state index contributed by atoms with van der Waals surface area (Å²) in [5, 5.41) is 0. The Kier molecular flexibility index (Phi) is 3.80. The third-order valence-corrected chi connectivity index (χ3v) is 3.26. The van der Waals surface area contributed by atoms with E-state index >= 15 is 0 Å². The zero-order valence-corrected chi connectivity index (χ0v) is 9.91. The first-order valence-electron chi connectivity index (χ1n) is 6.02. The molecular formula is C13H16F3NO. The normalized spacial score (nSPS) is 24.2. The molecule has 2 N–H and O–H groups in total. The van der Waals surface area contributed by atoms with Crippen molar-refractivity contribution in [2.75, 3.05) is 0 Å². The fraction of sp³-hybridized carbons (Fsp3) is 0.538. The van der Waals surface area contributed by atoms with Crippen molar-refractivity contribution in [1.29, 1.82) is 0 Å². The van der Waals surface area contributed by atoms with E-state index in [2.05, 4.69) is 4.74 Å². The first kappa shape index (κ1) is 13.2. The van der Waals surface area contributed by atoms with Crippen LogP contribution in [0.15, 0.2) is 24.3 Å². The number of benzene rings is 1. The van der Waals surface area contributed by atoms with Gasteiger partial charge in [-0.3, -0.25) is 0 Å². The van der Waals surface area contributed by atoms with Gasteiger partial charge in [-0.1, -0.05) is 12.1 Å². The summed E-state index contributed by atoms with van der Waals surface area (Å²) in [6, 6.07) is 6.37. The summed E-state index contributed by atoms with van der Waals surface area (Å²) in [6.07, 6.45) is -0.609. The molecule has 0 aliphatic heterocycles. The highest BCUT2D eigenvalue weighted by Gasteiger charge is 2.31. The van der Waals surface area contributed by atoms with Crippen LogP contribution in [0.5, 0.6) is 5.75 Å². The van der Waals surface area contributed by atoms with Crippen molar-refractivity contribution in [2.45, 2.75) is 38.1 Å². The van der Waals surface area contributed by atoms with Crippen LogP contribution in [0, 0.1) is 5.92 Å². The summed E-state index contributed by atoms with van der Waals surface area (Å²) < 4.78 is 39.8. The van der Waals surface area contributed by atoms with Gasteiger partial charge in [0.1, 0.15) is 5.75 Å². The molecule has 0 heterocycles. The van der Waals surface area contributed by atoms with E-state index in [1.165, 1.54) is 12.1 Å². The zero-order chi connectivity index (χ0) is 13.2. The SMILES string of the molecule is NC1CCC(Cc2ccc(OC(F)(F)F)cc2)C1. The molecule has 0 amide bonds. The summed E-state index contributed by atoms with van der Waals surface area (Å²) in [7, 11) is 0. The van der Waals surface area contributed by atoms with E-state index in [4.69, 9.17) is 5.73 Å². The smallest absolute Gasteiger partial charge is 0.406 e. The van der Waals surface area contributed by atoms with Crippen LogP contribution in [0.1, 0.15) is 24.8 Å². The van der Waals surface area contributed by atoms with Gasteiger partial charge in [0, 0.05) is 6.04 Å². The molecule has 1 saturated carbocycles. The molecular weight excluding hydrogens is 243 g/mol. The molecule has 1 fully saturated rings. The second-order valence-electron chi connectivity index (χ2n) is 4.84. The average Bonchev–Trinajstić information content (AvgIpc) is 2.65. The first-order chi connectivity index (χ1) is 8.42. The third kappa shape index (κ3) is 3.91. The summed E-state index contributed by atoms with van der Waals surface area (Å²) in [4.78, 5) is 0. The molecule has 2 rings (SSSR count). The zero-order valence-electron chi connectivity index (χ0n) is 9.91. The van der Waals surface area contributed by atoms with Crippen molar-refractivity contribution in [1.82, 2.24) is 0 Å². The summed E-state index contributed by atoms with van der Waals surface area (Å²) in [5.74, 6) is 0.378. The second kappa shape index (κ2) is 5.18. The van der Waals surface area contributed by atoms with Crippen LogP contribution in [0.2, 0.25) is 0 Å². The van der Waals surface area contributed by atoms with Gasteiger partial charge in [0.05, 0.1) is 0 Å². The monoisotopic (exact) mass is 259 g/mol. The number of alkyl halides is 3. The maximum absolute atomic E-state index is 12.0. The number of halogens is 3. The first-order valence-corrected chi connectivity index (χ1v) is 6.02. The fourth-order valence-corrected chi connectivity index (χ4v) is 2.46. The maximum Gasteiger partial charge on any atom is 0.573 e. The molecule has 1 aliphatic carbocycles. The fourth-order valence-electron chi connectivity index (χ4n) is 2.46. The van der Waals surface area contributed by atoms with Crippen LogP contribution in [0.25, 0.3) is 0 Å². The highest BCUT2D eigenvalue weighted by atomic mass is 19.4. The molecule has 2 atom stereocenters. The highest BCUT2D eigenvalue weighted by Crippen LogP contribution is 2.28. The second-order valence-corrected chi connectivity index (χ2v) is 4.84. The lowest BCUT2D eigenvalue weighted by atomic mass is 9.98. The molecule has 100 valence electrons. The van der Waals surface area contributed by atoms with Crippen LogP contribution >= 0.6 is 0 Å². The lowest BCUT2D eigenvalue weighted by molar-refractivity contribution is -0.274. The Hall–Kier alpha value is -1.23. The molecule has 1 aliphatic rings. The molecule has 2 nitrogen and oxygen atoms in total. The molecule has 2 unspecified atom stereocenters. The Balaban J connectivity index is 1.91. The highest BCUT2D eigenvalue weighted by molar-refractivity contribution is 5.27. The van der Waals surface area contributed by atoms with Crippen molar-refractivity contribution in [3.63, 3.8) is 0 Å². The summed E-state index contributed by atoms with van der Waals surface area (Å²) in [5.41, 5.74) is 6.86. The van der Waals surface area contributed by atoms with Crippen molar-refractivity contribution in [2.24, 2.45) is 11.7 Å². The van der Waals surface area contributed by atoms with Gasteiger partial charge in [-0.05, 0) is 49.3 Å². The Morgan fingerprint density at radius 1 is 1.17 bits per heavy atom. The third-order valence-electron chi connectivity index (χ3n) is 3.26. The topological polar surface area (TPSA) is 35.2 Å². The van der Waals surface area contributed by atoms with E-state index in [0.717, 1.165) is 31.2 Å². The number of rotatable bonds is 3.